The van der Waals surface area contributed by atoms with E-state index in [1.807, 2.05) is 24.3 Å². The van der Waals surface area contributed by atoms with Crippen molar-refractivity contribution in [2.45, 2.75) is 0 Å². The fourth-order valence-corrected chi connectivity index (χ4v) is 4.29. The molecule has 0 aliphatic heterocycles. The van der Waals surface area contributed by atoms with Gasteiger partial charge in [-0.15, -0.1) is 24.3 Å². The Bertz CT molecular complexity index is 1670. The molecule has 0 saturated heterocycles. The van der Waals surface area contributed by atoms with Crippen molar-refractivity contribution in [2.75, 3.05) is 0 Å². The van der Waals surface area contributed by atoms with Crippen molar-refractivity contribution < 1.29 is 40.1 Å². The first-order valence-electron chi connectivity index (χ1n) is 13.5. The molecule has 0 aliphatic rings. The van der Waals surface area contributed by atoms with Crippen molar-refractivity contribution in [1.82, 2.24) is 0 Å². The van der Waals surface area contributed by atoms with E-state index in [-0.39, 0.29) is 32.6 Å². The molecule has 7 heteroatoms. The number of ether oxygens (including phenoxy) is 2. The molecule has 0 N–H and O–H groups in total. The summed E-state index contributed by atoms with van der Waals surface area (Å²) in [7, 11) is 0. The zero-order chi connectivity index (χ0) is 30.7. The number of hydrogen-bond acceptors (Lipinski definition) is 4. The topological polar surface area (TPSA) is 52.6 Å². The molecule has 0 unspecified atom stereocenters. The Kier molecular flexibility index (Phi) is 12.3. The van der Waals surface area contributed by atoms with Gasteiger partial charge in [-0.3, -0.25) is 9.59 Å². The monoisotopic (exact) mass is 798 g/mol. The predicted molar refractivity (Wildman–Crippen MR) is 173 cm³/mol. The standard InChI is InChI=1S/2C19H12ClO2.W/c2*20-16-10-6-14(7-11-16)19(21)15-8-12-18(13-9-15)22-17-4-2-1-3-5-17;/h2*2-13H;/q2*-1;+2. The molecule has 0 radical (unpaired) electrons. The minimum atomic E-state index is -0.0440. The molecule has 0 saturated carbocycles. The minimum Gasteiger partial charge on any atom is -0.483 e. The molecule has 0 amide bonds. The molecule has 0 spiro atoms. The van der Waals surface area contributed by atoms with Gasteiger partial charge in [0.05, 0.1) is 0 Å². The summed E-state index contributed by atoms with van der Waals surface area (Å²) in [6, 6.07) is 48.1. The fraction of sp³-hybridized carbons (Fsp3) is 0. The van der Waals surface area contributed by atoms with Crippen molar-refractivity contribution in [3.8, 4) is 23.0 Å². The molecule has 6 aromatic carbocycles. The van der Waals surface area contributed by atoms with Gasteiger partial charge < -0.3 is 9.47 Å². The number of halogens is 2. The quantitative estimate of drug-likeness (QED) is 0.114. The number of ketones is 2. The fourth-order valence-electron chi connectivity index (χ4n) is 4.04. The van der Waals surface area contributed by atoms with Gasteiger partial charge in [0.2, 0.25) is 0 Å². The van der Waals surface area contributed by atoms with Gasteiger partial charge in [0.15, 0.2) is 11.6 Å². The molecule has 0 aromatic heterocycles. The summed E-state index contributed by atoms with van der Waals surface area (Å²) in [6.07, 6.45) is 0. The van der Waals surface area contributed by atoms with Crippen molar-refractivity contribution >= 4 is 34.8 Å². The molecule has 6 aromatic rings. The van der Waals surface area contributed by atoms with E-state index in [2.05, 4.69) is 12.1 Å². The first-order chi connectivity index (χ1) is 21.4. The first-order valence-corrected chi connectivity index (χ1v) is 14.3. The molecule has 0 atom stereocenters. The Morgan fingerprint density at radius 2 is 0.644 bits per heavy atom. The molecule has 6 rings (SSSR count). The number of rotatable bonds is 8. The minimum absolute atomic E-state index is 0. The Hall–Kier alpha value is -4.47. The Labute approximate surface area is 286 Å². The smallest absolute Gasteiger partial charge is 0.483 e. The SMILES string of the molecule is O=C(c1ccc(Cl)cc1)c1ccc(Oc2cc[c-]cc2)cc1.O=C(c1ccc(Cl)cc1)c1ccc(Oc2cc[c-]cc2)cc1.[W+2]. The van der Waals surface area contributed by atoms with E-state index in [1.165, 1.54) is 0 Å². The summed E-state index contributed by atoms with van der Waals surface area (Å²) >= 11 is 11.7. The second-order valence-corrected chi connectivity index (χ2v) is 10.3. The average Bonchev–Trinajstić information content (AvgIpc) is 3.07. The van der Waals surface area contributed by atoms with Crippen molar-refractivity contribution in [2.24, 2.45) is 0 Å². The zero-order valence-electron chi connectivity index (χ0n) is 23.7. The van der Waals surface area contributed by atoms with Crippen LogP contribution in [0.1, 0.15) is 31.8 Å². The van der Waals surface area contributed by atoms with E-state index in [9.17, 15) is 9.59 Å². The van der Waals surface area contributed by atoms with Crippen LogP contribution in [0.15, 0.2) is 146 Å². The molecule has 45 heavy (non-hydrogen) atoms. The third-order valence-electron chi connectivity index (χ3n) is 6.29. The van der Waals surface area contributed by atoms with Crippen LogP contribution in [0.4, 0.5) is 0 Å². The number of carbonyl (C=O) groups excluding carboxylic acids is 2. The molecular weight excluding hydrogens is 775 g/mol. The van der Waals surface area contributed by atoms with Crippen LogP contribution in [0, 0.1) is 12.1 Å². The summed E-state index contributed by atoms with van der Waals surface area (Å²) in [5, 5.41) is 1.22. The Morgan fingerprint density at radius 3 is 0.933 bits per heavy atom. The van der Waals surface area contributed by atoms with E-state index in [0.29, 0.717) is 43.8 Å². The van der Waals surface area contributed by atoms with E-state index < -0.39 is 0 Å². The molecule has 0 fully saturated rings. The van der Waals surface area contributed by atoms with Crippen LogP contribution < -0.4 is 9.47 Å². The maximum atomic E-state index is 12.3. The number of benzene rings is 6. The van der Waals surface area contributed by atoms with Crippen LogP contribution >= 0.6 is 23.2 Å². The number of hydrogen-bond donors (Lipinski definition) is 0. The summed E-state index contributed by atoms with van der Waals surface area (Å²) < 4.78 is 11.4. The third kappa shape index (κ3) is 9.76. The van der Waals surface area contributed by atoms with Crippen LogP contribution in [0.25, 0.3) is 0 Å². The predicted octanol–water partition coefficient (Wildman–Crippen LogP) is 10.3. The van der Waals surface area contributed by atoms with Crippen molar-refractivity contribution in [3.05, 3.63) is 190 Å². The van der Waals surface area contributed by atoms with Gasteiger partial charge in [-0.1, -0.05) is 23.2 Å². The summed E-state index contributed by atoms with van der Waals surface area (Å²) in [5.74, 6) is 2.74. The largest absolute Gasteiger partial charge is 2.00 e. The van der Waals surface area contributed by atoms with E-state index in [1.54, 1.807) is 121 Å². The van der Waals surface area contributed by atoms with Crippen LogP contribution in [-0.4, -0.2) is 11.6 Å². The van der Waals surface area contributed by atoms with Gasteiger partial charge in [-0.2, -0.15) is 36.4 Å². The number of carbonyl (C=O) groups is 2. The normalized spacial score (nSPS) is 10.0. The van der Waals surface area contributed by atoms with Gasteiger partial charge in [0.1, 0.15) is 11.5 Å². The summed E-state index contributed by atoms with van der Waals surface area (Å²) in [6.45, 7) is 0. The van der Waals surface area contributed by atoms with Crippen LogP contribution in [-0.2, 0) is 21.1 Å². The van der Waals surface area contributed by atoms with E-state index in [4.69, 9.17) is 32.7 Å². The molecule has 0 bridgehead atoms. The van der Waals surface area contributed by atoms with Gasteiger partial charge in [0, 0.05) is 43.8 Å². The van der Waals surface area contributed by atoms with Crippen LogP contribution in [0.5, 0.6) is 23.0 Å². The van der Waals surface area contributed by atoms with Crippen LogP contribution in [0.3, 0.4) is 0 Å². The second kappa shape index (κ2) is 16.6. The average molecular weight is 799 g/mol. The molecule has 0 aliphatic carbocycles. The Balaban J connectivity index is 0.000000200. The maximum Gasteiger partial charge on any atom is 2.00 e. The first kappa shape index (κ1) is 33.4. The summed E-state index contributed by atoms with van der Waals surface area (Å²) in [4.78, 5) is 24.7. The van der Waals surface area contributed by atoms with Gasteiger partial charge in [0.25, 0.3) is 0 Å². The van der Waals surface area contributed by atoms with E-state index in [0.717, 1.165) is 11.5 Å². The third-order valence-corrected chi connectivity index (χ3v) is 6.80. The van der Waals surface area contributed by atoms with Gasteiger partial charge in [-0.05, 0) is 97.1 Å². The molecule has 4 nitrogen and oxygen atoms in total. The summed E-state index contributed by atoms with van der Waals surface area (Å²) in [5.41, 5.74) is 2.43. The zero-order valence-corrected chi connectivity index (χ0v) is 28.1. The van der Waals surface area contributed by atoms with Gasteiger partial charge >= 0.3 is 21.1 Å². The van der Waals surface area contributed by atoms with E-state index >= 15 is 0 Å². The van der Waals surface area contributed by atoms with Crippen molar-refractivity contribution in [1.29, 1.82) is 0 Å². The van der Waals surface area contributed by atoms with Crippen LogP contribution in [0.2, 0.25) is 10.0 Å². The molecular formula is C38H24Cl2O4W. The maximum absolute atomic E-state index is 12.3. The molecule has 220 valence electrons. The van der Waals surface area contributed by atoms with Crippen molar-refractivity contribution in [3.63, 3.8) is 0 Å². The Morgan fingerprint density at radius 1 is 0.400 bits per heavy atom. The van der Waals surface area contributed by atoms with Gasteiger partial charge in [-0.25, -0.2) is 0 Å². The molecule has 0 heterocycles. The second-order valence-electron chi connectivity index (χ2n) is 9.40.